The van der Waals surface area contributed by atoms with Crippen LogP contribution in [-0.4, -0.2) is 49.3 Å². The van der Waals surface area contributed by atoms with E-state index in [2.05, 4.69) is 25.6 Å². The lowest BCUT2D eigenvalue weighted by Gasteiger charge is -2.31. The molecule has 1 aliphatic rings. The first-order valence-corrected chi connectivity index (χ1v) is 17.7. The first kappa shape index (κ1) is 34.1. The molecule has 49 heavy (non-hydrogen) atoms. The van der Waals surface area contributed by atoms with E-state index in [0.29, 0.717) is 65.0 Å². The summed E-state index contributed by atoms with van der Waals surface area (Å²) in [5.41, 5.74) is 2.21. The molecular weight excluding hydrogens is 669 g/mol. The number of pyridine rings is 1. The van der Waals surface area contributed by atoms with Crippen molar-refractivity contribution in [2.75, 3.05) is 31.3 Å². The summed E-state index contributed by atoms with van der Waals surface area (Å²) in [6.45, 7) is 1.08. The molecule has 3 aromatic carbocycles. The fourth-order valence-electron chi connectivity index (χ4n) is 5.73. The zero-order valence-electron chi connectivity index (χ0n) is 26.7. The SMILES string of the molecule is COc1cc2ncnc(Nc3ccc(OCc4cccc(F)c4)c(Cl)c3)c2cc1C1(CCCNCCS(=O)(=O)c2ccccn2)CC=CO1. The predicted molar refractivity (Wildman–Crippen MR) is 186 cm³/mol. The van der Waals surface area contributed by atoms with Gasteiger partial charge >= 0.3 is 0 Å². The zero-order valence-corrected chi connectivity index (χ0v) is 28.3. The van der Waals surface area contributed by atoms with E-state index in [4.69, 9.17) is 25.8 Å². The van der Waals surface area contributed by atoms with E-state index in [1.165, 1.54) is 30.7 Å². The Balaban J connectivity index is 1.15. The van der Waals surface area contributed by atoms with Gasteiger partial charge in [-0.15, -0.1) is 0 Å². The van der Waals surface area contributed by atoms with Crippen LogP contribution in [0.5, 0.6) is 11.5 Å². The molecule has 0 radical (unpaired) electrons. The van der Waals surface area contributed by atoms with Crippen molar-refractivity contribution in [2.24, 2.45) is 0 Å². The maximum absolute atomic E-state index is 13.6. The molecule has 0 spiro atoms. The van der Waals surface area contributed by atoms with Crippen LogP contribution in [0.4, 0.5) is 15.9 Å². The van der Waals surface area contributed by atoms with Gasteiger partial charge in [0.05, 0.1) is 29.7 Å². The molecule has 2 N–H and O–H groups in total. The highest BCUT2D eigenvalue weighted by Gasteiger charge is 2.38. The van der Waals surface area contributed by atoms with Crippen molar-refractivity contribution in [1.29, 1.82) is 0 Å². The summed E-state index contributed by atoms with van der Waals surface area (Å²) < 4.78 is 56.6. The fourth-order valence-corrected chi connectivity index (χ4v) is 7.09. The minimum absolute atomic E-state index is 0.0443. The predicted octanol–water partition coefficient (Wildman–Crippen LogP) is 7.12. The number of benzene rings is 3. The molecule has 0 bridgehead atoms. The molecule has 0 saturated carbocycles. The zero-order chi connectivity index (χ0) is 34.3. The van der Waals surface area contributed by atoms with Crippen LogP contribution in [-0.2, 0) is 26.8 Å². The molecule has 2 aromatic heterocycles. The minimum Gasteiger partial charge on any atom is -0.496 e. The number of nitrogens with one attached hydrogen (secondary N) is 2. The summed E-state index contributed by atoms with van der Waals surface area (Å²) in [7, 11) is -1.85. The van der Waals surface area contributed by atoms with Crippen molar-refractivity contribution in [3.63, 3.8) is 0 Å². The van der Waals surface area contributed by atoms with E-state index in [1.54, 1.807) is 49.8 Å². The number of hydrogen-bond donors (Lipinski definition) is 2. The highest BCUT2D eigenvalue weighted by Crippen LogP contribution is 2.45. The highest BCUT2D eigenvalue weighted by atomic mass is 35.5. The topological polar surface area (TPSA) is 125 Å². The molecule has 5 aromatic rings. The van der Waals surface area contributed by atoms with Crippen LogP contribution in [0.1, 0.15) is 30.4 Å². The van der Waals surface area contributed by atoms with E-state index in [1.807, 2.05) is 24.3 Å². The van der Waals surface area contributed by atoms with Gasteiger partial charge in [0.2, 0.25) is 0 Å². The average molecular weight is 704 g/mol. The highest BCUT2D eigenvalue weighted by molar-refractivity contribution is 7.91. The van der Waals surface area contributed by atoms with Crippen LogP contribution in [0.25, 0.3) is 10.9 Å². The third-order valence-electron chi connectivity index (χ3n) is 8.20. The lowest BCUT2D eigenvalue weighted by atomic mass is 9.85. The Bertz CT molecular complexity index is 2060. The summed E-state index contributed by atoms with van der Waals surface area (Å²) in [6.07, 6.45) is 8.63. The van der Waals surface area contributed by atoms with Crippen molar-refractivity contribution in [2.45, 2.75) is 36.5 Å². The van der Waals surface area contributed by atoms with Crippen LogP contribution in [0.3, 0.4) is 0 Å². The van der Waals surface area contributed by atoms with Gasteiger partial charge in [-0.05, 0) is 79.6 Å². The van der Waals surface area contributed by atoms with Gasteiger partial charge in [-0.25, -0.2) is 27.8 Å². The summed E-state index contributed by atoms with van der Waals surface area (Å²) in [6, 6.07) is 20.2. The quantitative estimate of drug-likeness (QED) is 0.109. The van der Waals surface area contributed by atoms with E-state index in [9.17, 15) is 12.8 Å². The van der Waals surface area contributed by atoms with Gasteiger partial charge in [0.1, 0.15) is 41.7 Å². The molecule has 0 aliphatic carbocycles. The van der Waals surface area contributed by atoms with Gasteiger partial charge in [0.25, 0.3) is 0 Å². The van der Waals surface area contributed by atoms with E-state index >= 15 is 0 Å². The number of hydrogen-bond acceptors (Lipinski definition) is 10. The molecule has 0 amide bonds. The average Bonchev–Trinajstić information content (AvgIpc) is 3.59. The standard InChI is InChI=1S/C36H35ClFN5O5S/c1-46-33-22-31-28(35(42-24-41-31)43-27-10-11-32(30(37)20-27)47-23-25-7-4-8-26(38)19-25)21-29(33)36(13-6-17-48-36)12-5-14-39-16-18-49(44,45)34-9-2-3-15-40-34/h2-4,6-11,15,17,19-22,24,39H,5,12-14,16,18,23H2,1H3,(H,41,42,43). The lowest BCUT2D eigenvalue weighted by molar-refractivity contribution is 0.0284. The molecule has 6 rings (SSSR count). The molecule has 1 aliphatic heterocycles. The summed E-state index contributed by atoms with van der Waals surface area (Å²) in [4.78, 5) is 13.0. The molecule has 0 fully saturated rings. The van der Waals surface area contributed by atoms with Gasteiger partial charge in [-0.3, -0.25) is 0 Å². The van der Waals surface area contributed by atoms with Gasteiger partial charge < -0.3 is 24.8 Å². The Morgan fingerprint density at radius 2 is 1.90 bits per heavy atom. The van der Waals surface area contributed by atoms with Crippen molar-refractivity contribution in [3.8, 4) is 11.5 Å². The lowest BCUT2D eigenvalue weighted by Crippen LogP contribution is -2.29. The molecule has 10 nitrogen and oxygen atoms in total. The maximum atomic E-state index is 13.6. The van der Waals surface area contributed by atoms with Crippen LogP contribution < -0.4 is 20.1 Å². The maximum Gasteiger partial charge on any atom is 0.196 e. The van der Waals surface area contributed by atoms with E-state index in [-0.39, 0.29) is 23.2 Å². The monoisotopic (exact) mass is 703 g/mol. The molecule has 13 heteroatoms. The minimum atomic E-state index is -3.46. The second kappa shape index (κ2) is 15.2. The number of nitrogens with zero attached hydrogens (tertiary/aromatic N) is 3. The van der Waals surface area contributed by atoms with Gasteiger partial charge in [-0.1, -0.05) is 29.8 Å². The first-order chi connectivity index (χ1) is 23.8. The van der Waals surface area contributed by atoms with Gasteiger partial charge in [-0.2, -0.15) is 0 Å². The van der Waals surface area contributed by atoms with Crippen LogP contribution >= 0.6 is 11.6 Å². The first-order valence-electron chi connectivity index (χ1n) is 15.7. The number of fused-ring (bicyclic) bond motifs is 1. The largest absolute Gasteiger partial charge is 0.496 e. The molecule has 1 atom stereocenters. The number of ether oxygens (including phenoxy) is 3. The number of rotatable bonds is 15. The Labute approximate surface area is 289 Å². The smallest absolute Gasteiger partial charge is 0.196 e. The van der Waals surface area contributed by atoms with Crippen molar-refractivity contribution in [1.82, 2.24) is 20.3 Å². The number of anilines is 2. The van der Waals surface area contributed by atoms with Crippen molar-refractivity contribution < 1.29 is 27.0 Å². The molecule has 254 valence electrons. The summed E-state index contributed by atoms with van der Waals surface area (Å²) in [5, 5.41) is 7.82. The number of methoxy groups -OCH3 is 1. The fraction of sp³-hybridized carbons (Fsp3) is 0.250. The molecular formula is C36H35ClFN5O5S. The second-order valence-electron chi connectivity index (χ2n) is 11.5. The number of halogens is 2. The number of aromatic nitrogens is 3. The van der Waals surface area contributed by atoms with E-state index in [0.717, 1.165) is 17.4 Å². The Morgan fingerprint density at radius 1 is 1.00 bits per heavy atom. The molecule has 3 heterocycles. The number of sulfone groups is 1. The molecule has 1 unspecified atom stereocenters. The van der Waals surface area contributed by atoms with Crippen LogP contribution in [0, 0.1) is 5.82 Å². The normalized spacial score (nSPS) is 15.7. The Morgan fingerprint density at radius 3 is 2.65 bits per heavy atom. The molecule has 0 saturated heterocycles. The van der Waals surface area contributed by atoms with Gasteiger partial charge in [0, 0.05) is 41.9 Å². The van der Waals surface area contributed by atoms with Crippen LogP contribution in [0.2, 0.25) is 5.02 Å². The van der Waals surface area contributed by atoms with E-state index < -0.39 is 15.4 Å². The van der Waals surface area contributed by atoms with Crippen LogP contribution in [0.15, 0.2) is 103 Å². The third-order valence-corrected chi connectivity index (χ3v) is 10.1. The summed E-state index contributed by atoms with van der Waals surface area (Å²) >= 11 is 6.56. The summed E-state index contributed by atoms with van der Waals surface area (Å²) in [5.74, 6) is 1.30. The van der Waals surface area contributed by atoms with Crippen molar-refractivity contribution >= 4 is 43.8 Å². The van der Waals surface area contributed by atoms with Gasteiger partial charge in [0.15, 0.2) is 14.9 Å². The third kappa shape index (κ3) is 8.10. The Kier molecular flexibility index (Phi) is 10.6. The second-order valence-corrected chi connectivity index (χ2v) is 14.0. The van der Waals surface area contributed by atoms with Crippen molar-refractivity contribution in [3.05, 3.63) is 120 Å². The Hall–Kier alpha value is -4.78.